The van der Waals surface area contributed by atoms with Gasteiger partial charge in [0.05, 0.1) is 11.6 Å². The van der Waals surface area contributed by atoms with Gasteiger partial charge in [-0.05, 0) is 53.1 Å². The fourth-order valence-electron chi connectivity index (χ4n) is 4.94. The molecule has 2 aliphatic heterocycles. The first kappa shape index (κ1) is 25.2. The van der Waals surface area contributed by atoms with Crippen LogP contribution in [0.3, 0.4) is 0 Å². The van der Waals surface area contributed by atoms with Gasteiger partial charge in [-0.2, -0.15) is 0 Å². The molecule has 1 fully saturated rings. The highest BCUT2D eigenvalue weighted by Crippen LogP contribution is 2.42. The van der Waals surface area contributed by atoms with Gasteiger partial charge in [0, 0.05) is 24.5 Å². The van der Waals surface area contributed by atoms with Crippen LogP contribution in [0.5, 0.6) is 17.2 Å². The Labute approximate surface area is 231 Å². The lowest BCUT2D eigenvalue weighted by Gasteiger charge is -2.26. The Balaban J connectivity index is 1.41. The SMILES string of the molecule is O=C1C(=O)N(Cc2cccnc2)[C@@H](c2cccc(OCc3ccccc3)c2)C1=C(O)c1ccc2c(c1)OCCO2. The number of amides is 1. The molecule has 0 bridgehead atoms. The van der Waals surface area contributed by atoms with Crippen LogP contribution in [0.1, 0.15) is 28.3 Å². The van der Waals surface area contributed by atoms with E-state index in [1.807, 2.05) is 54.6 Å². The Morgan fingerprint density at radius 3 is 2.50 bits per heavy atom. The third kappa shape index (κ3) is 4.99. The highest BCUT2D eigenvalue weighted by atomic mass is 16.6. The molecule has 3 aromatic carbocycles. The van der Waals surface area contributed by atoms with Crippen molar-refractivity contribution in [1.29, 1.82) is 0 Å². The normalized spacial score (nSPS) is 17.6. The first-order valence-electron chi connectivity index (χ1n) is 12.9. The highest BCUT2D eigenvalue weighted by Gasteiger charge is 2.46. The average molecular weight is 535 g/mol. The number of carbonyl (C=O) groups excluding carboxylic acids is 2. The van der Waals surface area contributed by atoms with Gasteiger partial charge in [0.25, 0.3) is 11.7 Å². The maximum atomic E-state index is 13.5. The molecule has 1 aromatic heterocycles. The minimum Gasteiger partial charge on any atom is -0.507 e. The minimum absolute atomic E-state index is 0.00854. The van der Waals surface area contributed by atoms with E-state index in [0.29, 0.717) is 48.2 Å². The van der Waals surface area contributed by atoms with Crippen molar-refractivity contribution in [2.75, 3.05) is 13.2 Å². The van der Waals surface area contributed by atoms with Crippen molar-refractivity contribution < 1.29 is 28.9 Å². The van der Waals surface area contributed by atoms with E-state index in [9.17, 15) is 14.7 Å². The summed E-state index contributed by atoms with van der Waals surface area (Å²) in [6, 6.07) is 24.7. The summed E-state index contributed by atoms with van der Waals surface area (Å²) in [4.78, 5) is 32.5. The second kappa shape index (κ2) is 10.9. The number of hydrogen-bond donors (Lipinski definition) is 1. The van der Waals surface area contributed by atoms with E-state index in [1.54, 1.807) is 42.7 Å². The molecule has 1 atom stereocenters. The molecule has 1 saturated heterocycles. The number of Topliss-reactive ketones (excluding diaryl/α,β-unsaturated/α-hetero) is 1. The number of fused-ring (bicyclic) bond motifs is 1. The molecule has 0 aliphatic carbocycles. The number of ether oxygens (including phenoxy) is 3. The fraction of sp³-hybridized carbons (Fsp3) is 0.156. The Morgan fingerprint density at radius 1 is 0.900 bits per heavy atom. The molecular formula is C32H26N2O6. The van der Waals surface area contributed by atoms with E-state index in [2.05, 4.69) is 4.98 Å². The standard InChI is InChI=1S/C32H26N2O6/c35-30(24-11-12-26-27(17-24)39-15-14-38-26)28-29(34(32(37)31(28)36)19-22-8-5-13-33-18-22)23-9-4-10-25(16-23)40-20-21-6-2-1-3-7-21/h1-13,16-18,29,35H,14-15,19-20H2/t29-/m0/s1. The van der Waals surface area contributed by atoms with Crippen molar-refractivity contribution in [2.24, 2.45) is 0 Å². The second-order valence-electron chi connectivity index (χ2n) is 9.49. The van der Waals surface area contributed by atoms with Gasteiger partial charge in [-0.15, -0.1) is 0 Å². The van der Waals surface area contributed by atoms with Crippen molar-refractivity contribution in [3.8, 4) is 17.2 Å². The van der Waals surface area contributed by atoms with Gasteiger partial charge in [-0.25, -0.2) is 0 Å². The lowest BCUT2D eigenvalue weighted by molar-refractivity contribution is -0.140. The smallest absolute Gasteiger partial charge is 0.295 e. The summed E-state index contributed by atoms with van der Waals surface area (Å²) < 4.78 is 17.3. The van der Waals surface area contributed by atoms with E-state index < -0.39 is 17.7 Å². The van der Waals surface area contributed by atoms with Crippen LogP contribution in [0, 0.1) is 0 Å². The monoisotopic (exact) mass is 534 g/mol. The van der Waals surface area contributed by atoms with E-state index in [0.717, 1.165) is 11.1 Å². The average Bonchev–Trinajstić information content (AvgIpc) is 3.25. The Morgan fingerprint density at radius 2 is 1.70 bits per heavy atom. The summed E-state index contributed by atoms with van der Waals surface area (Å²) in [7, 11) is 0. The molecule has 4 aromatic rings. The summed E-state index contributed by atoms with van der Waals surface area (Å²) >= 11 is 0. The third-order valence-electron chi connectivity index (χ3n) is 6.85. The number of pyridine rings is 1. The van der Waals surface area contributed by atoms with Gasteiger partial charge in [0.2, 0.25) is 0 Å². The number of hydrogen-bond acceptors (Lipinski definition) is 7. The molecule has 6 rings (SSSR count). The second-order valence-corrected chi connectivity index (χ2v) is 9.49. The number of aromatic nitrogens is 1. The van der Waals surface area contributed by atoms with E-state index in [4.69, 9.17) is 14.2 Å². The molecular weight excluding hydrogens is 508 g/mol. The van der Waals surface area contributed by atoms with Gasteiger partial charge < -0.3 is 24.2 Å². The topological polar surface area (TPSA) is 98.2 Å². The van der Waals surface area contributed by atoms with Crippen LogP contribution >= 0.6 is 0 Å². The zero-order chi connectivity index (χ0) is 27.5. The molecule has 0 unspecified atom stereocenters. The van der Waals surface area contributed by atoms with Crippen LogP contribution in [-0.4, -0.2) is 39.9 Å². The number of benzene rings is 3. The van der Waals surface area contributed by atoms with Crippen molar-refractivity contribution in [3.63, 3.8) is 0 Å². The molecule has 1 N–H and O–H groups in total. The first-order chi connectivity index (χ1) is 19.6. The maximum Gasteiger partial charge on any atom is 0.295 e. The largest absolute Gasteiger partial charge is 0.507 e. The number of aliphatic hydroxyl groups is 1. The molecule has 40 heavy (non-hydrogen) atoms. The molecule has 0 radical (unpaired) electrons. The van der Waals surface area contributed by atoms with Gasteiger partial charge in [0.15, 0.2) is 11.5 Å². The number of likely N-dealkylation sites (tertiary alicyclic amines) is 1. The summed E-state index contributed by atoms with van der Waals surface area (Å²) in [5, 5.41) is 11.5. The fourth-order valence-corrected chi connectivity index (χ4v) is 4.94. The van der Waals surface area contributed by atoms with Crippen molar-refractivity contribution in [1.82, 2.24) is 9.88 Å². The van der Waals surface area contributed by atoms with Crippen LogP contribution in [0.4, 0.5) is 0 Å². The van der Waals surface area contributed by atoms with Gasteiger partial charge in [-0.3, -0.25) is 14.6 Å². The molecule has 0 saturated carbocycles. The maximum absolute atomic E-state index is 13.5. The predicted molar refractivity (Wildman–Crippen MR) is 147 cm³/mol. The number of carbonyl (C=O) groups is 2. The van der Waals surface area contributed by atoms with Gasteiger partial charge >= 0.3 is 0 Å². The van der Waals surface area contributed by atoms with Crippen molar-refractivity contribution in [3.05, 3.63) is 125 Å². The van der Waals surface area contributed by atoms with Gasteiger partial charge in [-0.1, -0.05) is 48.5 Å². The van der Waals surface area contributed by atoms with Crippen LogP contribution in [0.15, 0.2) is 103 Å². The van der Waals surface area contributed by atoms with E-state index in [1.165, 1.54) is 4.90 Å². The summed E-state index contributed by atoms with van der Waals surface area (Å²) in [5.74, 6) is -0.162. The van der Waals surface area contributed by atoms with Crippen molar-refractivity contribution in [2.45, 2.75) is 19.2 Å². The minimum atomic E-state index is -0.853. The summed E-state index contributed by atoms with van der Waals surface area (Å²) in [5.41, 5.74) is 2.74. The Hall–Kier alpha value is -5.11. The molecule has 0 spiro atoms. The zero-order valence-corrected chi connectivity index (χ0v) is 21.5. The molecule has 3 heterocycles. The zero-order valence-electron chi connectivity index (χ0n) is 21.5. The predicted octanol–water partition coefficient (Wildman–Crippen LogP) is 5.05. The first-order valence-corrected chi connectivity index (χ1v) is 12.9. The number of rotatable bonds is 7. The Kier molecular flexibility index (Phi) is 6.89. The summed E-state index contributed by atoms with van der Waals surface area (Å²) in [6.07, 6.45) is 3.29. The van der Waals surface area contributed by atoms with Gasteiger partial charge in [0.1, 0.15) is 31.3 Å². The lowest BCUT2D eigenvalue weighted by atomic mass is 9.95. The number of ketones is 1. The molecule has 8 nitrogen and oxygen atoms in total. The van der Waals surface area contributed by atoms with Crippen molar-refractivity contribution >= 4 is 17.4 Å². The van der Waals surface area contributed by atoms with E-state index >= 15 is 0 Å². The van der Waals surface area contributed by atoms with Crippen LogP contribution in [0.25, 0.3) is 5.76 Å². The van der Waals surface area contributed by atoms with E-state index in [-0.39, 0.29) is 17.9 Å². The third-order valence-corrected chi connectivity index (χ3v) is 6.85. The van der Waals surface area contributed by atoms with Crippen LogP contribution in [-0.2, 0) is 22.7 Å². The lowest BCUT2D eigenvalue weighted by Crippen LogP contribution is -2.29. The number of aliphatic hydroxyl groups excluding tert-OH is 1. The van der Waals surface area contributed by atoms with Crippen LogP contribution in [0.2, 0.25) is 0 Å². The quantitative estimate of drug-likeness (QED) is 0.201. The molecule has 8 heteroatoms. The molecule has 1 amide bonds. The Bertz CT molecular complexity index is 1590. The van der Waals surface area contributed by atoms with Crippen LogP contribution < -0.4 is 14.2 Å². The summed E-state index contributed by atoms with van der Waals surface area (Å²) in [6.45, 7) is 1.30. The molecule has 200 valence electrons. The molecule has 2 aliphatic rings. The highest BCUT2D eigenvalue weighted by molar-refractivity contribution is 6.46. The number of nitrogens with zero attached hydrogens (tertiary/aromatic N) is 2.